The van der Waals surface area contributed by atoms with Gasteiger partial charge in [0.25, 0.3) is 5.91 Å². The third kappa shape index (κ3) is 6.29. The van der Waals surface area contributed by atoms with Crippen LogP contribution in [0.2, 0.25) is 0 Å². The van der Waals surface area contributed by atoms with Gasteiger partial charge >= 0.3 is 0 Å². The molecule has 2 aromatic rings. The lowest BCUT2D eigenvalue weighted by Gasteiger charge is -2.21. The molecule has 1 aliphatic rings. The van der Waals surface area contributed by atoms with Crippen LogP contribution < -0.4 is 9.57 Å². The Morgan fingerprint density at radius 3 is 2.52 bits per heavy atom. The maximum Gasteiger partial charge on any atom is 0.252 e. The lowest BCUT2D eigenvalue weighted by atomic mass is 10.2. The van der Waals surface area contributed by atoms with Crippen LogP contribution in [0.25, 0.3) is 0 Å². The van der Waals surface area contributed by atoms with Gasteiger partial charge in [0.15, 0.2) is 5.75 Å². The van der Waals surface area contributed by atoms with Crippen LogP contribution in [0.4, 0.5) is 0 Å². The molecular weight excluding hydrogens is 340 g/mol. The number of nitrogens with zero attached hydrogens (tertiary/aromatic N) is 2. The van der Waals surface area contributed by atoms with Gasteiger partial charge in [-0.1, -0.05) is 30.3 Å². The van der Waals surface area contributed by atoms with Crippen molar-refractivity contribution in [2.75, 3.05) is 26.2 Å². The van der Waals surface area contributed by atoms with Gasteiger partial charge in [0.1, 0.15) is 5.75 Å². The monoisotopic (exact) mass is 368 g/mol. The highest BCUT2D eigenvalue weighted by Crippen LogP contribution is 2.18. The molecule has 1 aliphatic heterocycles. The molecule has 1 fully saturated rings. The number of likely N-dealkylation sites (tertiary alicyclic amines) is 1. The van der Waals surface area contributed by atoms with Crippen molar-refractivity contribution in [1.82, 2.24) is 9.96 Å². The molecule has 0 aliphatic carbocycles. The molecule has 0 atom stereocenters. The van der Waals surface area contributed by atoms with E-state index in [1.165, 1.54) is 43.5 Å². The Kier molecular flexibility index (Phi) is 7.11. The maximum atomic E-state index is 11.8. The number of rotatable bonds is 9. The van der Waals surface area contributed by atoms with E-state index in [9.17, 15) is 4.79 Å². The first kappa shape index (κ1) is 19.2. The van der Waals surface area contributed by atoms with E-state index in [0.717, 1.165) is 12.3 Å². The summed E-state index contributed by atoms with van der Waals surface area (Å²) in [6.45, 7) is 5.89. The van der Waals surface area contributed by atoms with E-state index in [1.807, 2.05) is 42.5 Å². The van der Waals surface area contributed by atoms with Crippen LogP contribution in [0.15, 0.2) is 54.6 Å². The first-order chi connectivity index (χ1) is 13.2. The van der Waals surface area contributed by atoms with Crippen molar-refractivity contribution in [3.05, 3.63) is 60.2 Å². The van der Waals surface area contributed by atoms with Crippen molar-refractivity contribution < 1.29 is 14.4 Å². The zero-order valence-corrected chi connectivity index (χ0v) is 16.0. The van der Waals surface area contributed by atoms with E-state index in [4.69, 9.17) is 9.57 Å². The van der Waals surface area contributed by atoms with Crippen molar-refractivity contribution in [2.45, 2.75) is 32.7 Å². The van der Waals surface area contributed by atoms with Gasteiger partial charge in [-0.15, -0.1) is 0 Å². The largest absolute Gasteiger partial charge is 0.494 e. The molecule has 3 rings (SSSR count). The van der Waals surface area contributed by atoms with Crippen molar-refractivity contribution in [2.24, 2.45) is 0 Å². The summed E-state index contributed by atoms with van der Waals surface area (Å²) in [5.41, 5.74) is 1.28. The summed E-state index contributed by atoms with van der Waals surface area (Å²) in [5, 5.41) is 1.38. The van der Waals surface area contributed by atoms with Crippen LogP contribution >= 0.6 is 0 Å². The number of amides is 1. The van der Waals surface area contributed by atoms with E-state index in [0.29, 0.717) is 25.3 Å². The van der Waals surface area contributed by atoms with Gasteiger partial charge in [0.2, 0.25) is 0 Å². The molecule has 0 aromatic heterocycles. The van der Waals surface area contributed by atoms with Crippen LogP contribution in [-0.2, 0) is 11.3 Å². The average molecular weight is 368 g/mol. The highest BCUT2D eigenvalue weighted by molar-refractivity contribution is 5.72. The second-order valence-electron chi connectivity index (χ2n) is 6.86. The standard InChI is InChI=1S/C22H28N2O3/c1-19(25)24(27-21-10-3-2-4-11-21)15-8-16-26-22-12-7-9-20(17-22)18-23-13-5-6-14-23/h2-4,7,9-12,17H,5-6,8,13-16,18H2,1H3. The Morgan fingerprint density at radius 1 is 1.04 bits per heavy atom. The van der Waals surface area contributed by atoms with Crippen LogP contribution in [0.5, 0.6) is 11.5 Å². The van der Waals surface area contributed by atoms with Gasteiger partial charge in [-0.3, -0.25) is 9.69 Å². The van der Waals surface area contributed by atoms with E-state index in [1.54, 1.807) is 0 Å². The quantitative estimate of drug-likeness (QED) is 0.497. The minimum atomic E-state index is -0.119. The topological polar surface area (TPSA) is 42.0 Å². The molecule has 0 radical (unpaired) electrons. The molecule has 1 amide bonds. The Labute approximate surface area is 161 Å². The zero-order chi connectivity index (χ0) is 18.9. The Morgan fingerprint density at radius 2 is 1.78 bits per heavy atom. The van der Waals surface area contributed by atoms with Gasteiger partial charge in [-0.05, 0) is 55.8 Å². The SMILES string of the molecule is CC(=O)N(CCCOc1cccc(CN2CCCC2)c1)Oc1ccccc1. The molecule has 5 nitrogen and oxygen atoms in total. The zero-order valence-electron chi connectivity index (χ0n) is 16.0. The molecule has 0 spiro atoms. The molecule has 1 heterocycles. The fourth-order valence-corrected chi connectivity index (χ4v) is 3.21. The molecule has 1 saturated heterocycles. The summed E-state index contributed by atoms with van der Waals surface area (Å²) < 4.78 is 5.88. The highest BCUT2D eigenvalue weighted by atomic mass is 16.7. The molecule has 5 heteroatoms. The van der Waals surface area contributed by atoms with Crippen LogP contribution in [-0.4, -0.2) is 42.1 Å². The number of carbonyl (C=O) groups excluding carboxylic acids is 1. The van der Waals surface area contributed by atoms with E-state index in [2.05, 4.69) is 17.0 Å². The number of ether oxygens (including phenoxy) is 1. The van der Waals surface area contributed by atoms with E-state index in [-0.39, 0.29) is 5.91 Å². The predicted molar refractivity (Wildman–Crippen MR) is 106 cm³/mol. The second-order valence-corrected chi connectivity index (χ2v) is 6.86. The molecule has 2 aromatic carbocycles. The number of hydroxylamine groups is 2. The van der Waals surface area contributed by atoms with Gasteiger partial charge in [0.05, 0.1) is 13.2 Å². The number of benzene rings is 2. The fraction of sp³-hybridized carbons (Fsp3) is 0.409. The first-order valence-corrected chi connectivity index (χ1v) is 9.66. The highest BCUT2D eigenvalue weighted by Gasteiger charge is 2.12. The number of para-hydroxylation sites is 1. The van der Waals surface area contributed by atoms with Gasteiger partial charge in [-0.25, -0.2) is 0 Å². The van der Waals surface area contributed by atoms with Crippen LogP contribution in [0.1, 0.15) is 31.7 Å². The molecule has 144 valence electrons. The fourth-order valence-electron chi connectivity index (χ4n) is 3.21. The van der Waals surface area contributed by atoms with Crippen molar-refractivity contribution in [1.29, 1.82) is 0 Å². The Hall–Kier alpha value is -2.53. The third-order valence-corrected chi connectivity index (χ3v) is 4.59. The summed E-state index contributed by atoms with van der Waals surface area (Å²) >= 11 is 0. The van der Waals surface area contributed by atoms with Gasteiger partial charge in [0, 0.05) is 19.9 Å². The first-order valence-electron chi connectivity index (χ1n) is 9.66. The minimum absolute atomic E-state index is 0.119. The minimum Gasteiger partial charge on any atom is -0.494 e. The Balaban J connectivity index is 1.43. The average Bonchev–Trinajstić information content (AvgIpc) is 3.18. The molecule has 0 N–H and O–H groups in total. The summed E-state index contributed by atoms with van der Waals surface area (Å²) in [6, 6.07) is 17.6. The number of hydrogen-bond acceptors (Lipinski definition) is 4. The van der Waals surface area contributed by atoms with Crippen molar-refractivity contribution >= 4 is 5.91 Å². The lowest BCUT2D eigenvalue weighted by molar-refractivity contribution is -0.155. The van der Waals surface area contributed by atoms with E-state index < -0.39 is 0 Å². The van der Waals surface area contributed by atoms with Crippen LogP contribution in [0.3, 0.4) is 0 Å². The third-order valence-electron chi connectivity index (χ3n) is 4.59. The van der Waals surface area contributed by atoms with E-state index >= 15 is 0 Å². The second kappa shape index (κ2) is 9.97. The molecule has 0 saturated carbocycles. The molecule has 0 bridgehead atoms. The van der Waals surface area contributed by atoms with Crippen molar-refractivity contribution in [3.63, 3.8) is 0 Å². The summed E-state index contributed by atoms with van der Waals surface area (Å²) in [6.07, 6.45) is 3.30. The molecule has 27 heavy (non-hydrogen) atoms. The van der Waals surface area contributed by atoms with Gasteiger partial charge < -0.3 is 9.57 Å². The van der Waals surface area contributed by atoms with Crippen molar-refractivity contribution in [3.8, 4) is 11.5 Å². The Bertz CT molecular complexity index is 715. The smallest absolute Gasteiger partial charge is 0.252 e. The molecule has 0 unspecified atom stereocenters. The predicted octanol–water partition coefficient (Wildman–Crippen LogP) is 3.89. The number of carbonyl (C=O) groups is 1. The lowest BCUT2D eigenvalue weighted by Crippen LogP contribution is -2.33. The number of hydrogen-bond donors (Lipinski definition) is 0. The normalized spacial score (nSPS) is 14.1. The molecular formula is C22H28N2O3. The van der Waals surface area contributed by atoms with Gasteiger partial charge in [-0.2, -0.15) is 5.06 Å². The summed E-state index contributed by atoms with van der Waals surface area (Å²) in [4.78, 5) is 19.9. The maximum absolute atomic E-state index is 11.8. The summed E-state index contributed by atoms with van der Waals surface area (Å²) in [5.74, 6) is 1.42. The van der Waals surface area contributed by atoms with Crippen LogP contribution in [0, 0.1) is 0 Å². The summed E-state index contributed by atoms with van der Waals surface area (Å²) in [7, 11) is 0.